The van der Waals surface area contributed by atoms with E-state index < -0.39 is 5.60 Å². The van der Waals surface area contributed by atoms with Gasteiger partial charge in [0.1, 0.15) is 6.29 Å². The van der Waals surface area contributed by atoms with Crippen LogP contribution < -0.4 is 0 Å². The highest BCUT2D eigenvalue weighted by Gasteiger charge is 2.62. The van der Waals surface area contributed by atoms with Crippen LogP contribution in [0.1, 0.15) is 67.3 Å². The minimum atomic E-state index is -0.652. The summed E-state index contributed by atoms with van der Waals surface area (Å²) in [5.41, 5.74) is 5.75. The van der Waals surface area contributed by atoms with Crippen LogP contribution in [0.15, 0.2) is 47.2 Å². The van der Waals surface area contributed by atoms with E-state index in [4.69, 9.17) is 4.74 Å². The summed E-state index contributed by atoms with van der Waals surface area (Å²) in [6.45, 7) is 3.09. The average molecular weight is 457 g/mol. The monoisotopic (exact) mass is 456 g/mol. The summed E-state index contributed by atoms with van der Waals surface area (Å²) in [6, 6.07) is 8.13. The SMILES string of the molecule is C[C@]12C[C@H](c3ccc(C=O)cc3)C3=C4CCOC=C4CCC3C1CC[C@@]2(O)CBr. The number of hydrogen-bond donors (Lipinski definition) is 1. The number of aldehydes is 1. The van der Waals surface area contributed by atoms with Crippen LogP contribution in [0.25, 0.3) is 0 Å². The number of ether oxygens (including phenoxy) is 1. The maximum absolute atomic E-state index is 11.6. The van der Waals surface area contributed by atoms with Crippen LogP contribution in [-0.2, 0) is 4.74 Å². The molecular formula is C25H29BrO3. The second kappa shape index (κ2) is 7.09. The Kier molecular flexibility index (Phi) is 4.78. The Hall–Kier alpha value is -1.39. The van der Waals surface area contributed by atoms with Gasteiger partial charge in [-0.1, -0.05) is 52.7 Å². The third kappa shape index (κ3) is 2.82. The Morgan fingerprint density at radius 2 is 2.03 bits per heavy atom. The van der Waals surface area contributed by atoms with E-state index in [-0.39, 0.29) is 5.41 Å². The van der Waals surface area contributed by atoms with Crippen molar-refractivity contribution in [2.24, 2.45) is 17.3 Å². The van der Waals surface area contributed by atoms with Crippen LogP contribution in [0, 0.1) is 17.3 Å². The lowest BCUT2D eigenvalue weighted by Gasteiger charge is -2.54. The molecule has 4 aliphatic rings. The Morgan fingerprint density at radius 3 is 2.76 bits per heavy atom. The summed E-state index contributed by atoms with van der Waals surface area (Å²) < 4.78 is 5.67. The minimum absolute atomic E-state index is 0.106. The smallest absolute Gasteiger partial charge is 0.150 e. The maximum atomic E-state index is 11.6. The van der Waals surface area contributed by atoms with Gasteiger partial charge in [0.25, 0.3) is 0 Å². The van der Waals surface area contributed by atoms with Gasteiger partial charge in [-0.3, -0.25) is 4.79 Å². The molecule has 1 aromatic carbocycles. The van der Waals surface area contributed by atoms with Crippen molar-refractivity contribution < 1.29 is 14.6 Å². The van der Waals surface area contributed by atoms with Crippen molar-refractivity contribution in [1.82, 2.24) is 0 Å². The van der Waals surface area contributed by atoms with Crippen LogP contribution >= 0.6 is 15.9 Å². The molecule has 1 aliphatic heterocycles. The van der Waals surface area contributed by atoms with Crippen LogP contribution in [0.4, 0.5) is 0 Å². The molecule has 0 saturated heterocycles. The number of carbonyl (C=O) groups excluding carboxylic acids is 1. The predicted octanol–water partition coefficient (Wildman–Crippen LogP) is 5.54. The third-order valence-electron chi connectivity index (χ3n) is 8.49. The first-order valence-electron chi connectivity index (χ1n) is 10.9. The number of halogens is 1. The van der Waals surface area contributed by atoms with Crippen molar-refractivity contribution in [2.75, 3.05) is 11.9 Å². The molecule has 29 heavy (non-hydrogen) atoms. The van der Waals surface area contributed by atoms with Gasteiger partial charge in [-0.25, -0.2) is 0 Å². The molecule has 1 heterocycles. The number of allylic oxidation sites excluding steroid dienone is 2. The second-order valence-electron chi connectivity index (χ2n) is 9.61. The number of alkyl halides is 1. The summed E-state index contributed by atoms with van der Waals surface area (Å²) in [5, 5.41) is 12.2. The highest BCUT2D eigenvalue weighted by atomic mass is 79.9. The van der Waals surface area contributed by atoms with E-state index in [0.29, 0.717) is 23.1 Å². The van der Waals surface area contributed by atoms with E-state index in [2.05, 4.69) is 35.0 Å². The minimum Gasteiger partial charge on any atom is -0.501 e. The molecule has 3 aliphatic carbocycles. The van der Waals surface area contributed by atoms with E-state index in [0.717, 1.165) is 57.0 Å². The Bertz CT molecular complexity index is 886. The van der Waals surface area contributed by atoms with Crippen LogP contribution in [0.2, 0.25) is 0 Å². The number of fused-ring (bicyclic) bond motifs is 4. The fourth-order valence-corrected chi connectivity index (χ4v) is 7.78. The van der Waals surface area contributed by atoms with Gasteiger partial charge in [0, 0.05) is 28.6 Å². The number of aliphatic hydroxyl groups is 1. The van der Waals surface area contributed by atoms with Crippen LogP contribution in [0.5, 0.6) is 0 Å². The van der Waals surface area contributed by atoms with Gasteiger partial charge in [-0.05, 0) is 60.6 Å². The van der Waals surface area contributed by atoms with Crippen molar-refractivity contribution in [3.8, 4) is 0 Å². The molecule has 2 saturated carbocycles. The van der Waals surface area contributed by atoms with Gasteiger partial charge in [-0.15, -0.1) is 0 Å². The standard InChI is InChI=1S/C25H29BrO3/c1-24-12-21(17-4-2-16(13-27)3-5-17)23-19-9-11-29-14-18(19)6-7-20(23)22(24)8-10-25(24,28)15-26/h2-5,13-14,20-22,28H,6-12,15H2,1H3/t20?,21-,22?,24+,25-/m1/s1. The Morgan fingerprint density at radius 1 is 1.24 bits per heavy atom. The lowest BCUT2D eigenvalue weighted by molar-refractivity contribution is -0.0751. The molecule has 3 nitrogen and oxygen atoms in total. The fourth-order valence-electron chi connectivity index (χ4n) is 6.86. The number of rotatable bonds is 3. The van der Waals surface area contributed by atoms with Gasteiger partial charge in [0.15, 0.2) is 0 Å². The summed E-state index contributed by atoms with van der Waals surface area (Å²) in [4.78, 5) is 11.2. The van der Waals surface area contributed by atoms with E-state index in [9.17, 15) is 9.90 Å². The molecule has 2 unspecified atom stereocenters. The first kappa shape index (κ1) is 19.6. The maximum Gasteiger partial charge on any atom is 0.150 e. The molecule has 4 heteroatoms. The van der Waals surface area contributed by atoms with Gasteiger partial charge in [0.2, 0.25) is 0 Å². The number of carbonyl (C=O) groups is 1. The fraction of sp³-hybridized carbons (Fsp3) is 0.560. The highest BCUT2D eigenvalue weighted by molar-refractivity contribution is 9.09. The number of benzene rings is 1. The number of hydrogen-bond acceptors (Lipinski definition) is 3. The van der Waals surface area contributed by atoms with E-state index in [1.807, 2.05) is 18.4 Å². The average Bonchev–Trinajstić information content (AvgIpc) is 3.04. The zero-order valence-electron chi connectivity index (χ0n) is 17.0. The Labute approximate surface area is 181 Å². The quantitative estimate of drug-likeness (QED) is 0.479. The van der Waals surface area contributed by atoms with Crippen molar-refractivity contribution >= 4 is 22.2 Å². The van der Waals surface area contributed by atoms with Crippen LogP contribution in [-0.4, -0.2) is 28.9 Å². The molecule has 1 aromatic rings. The van der Waals surface area contributed by atoms with E-state index in [1.165, 1.54) is 16.7 Å². The summed E-state index contributed by atoms with van der Waals surface area (Å²) >= 11 is 3.64. The van der Waals surface area contributed by atoms with Crippen molar-refractivity contribution in [3.05, 3.63) is 58.4 Å². The summed E-state index contributed by atoms with van der Waals surface area (Å²) in [7, 11) is 0. The van der Waals surface area contributed by atoms with Crippen molar-refractivity contribution in [1.29, 1.82) is 0 Å². The summed E-state index contributed by atoms with van der Waals surface area (Å²) in [5.74, 6) is 1.35. The molecule has 2 fully saturated rings. The van der Waals surface area contributed by atoms with Crippen molar-refractivity contribution in [3.63, 3.8) is 0 Å². The molecular weight excluding hydrogens is 428 g/mol. The van der Waals surface area contributed by atoms with Gasteiger partial charge >= 0.3 is 0 Å². The molecule has 0 radical (unpaired) electrons. The normalized spacial score (nSPS) is 38.4. The first-order valence-corrected chi connectivity index (χ1v) is 12.0. The molecule has 0 aromatic heterocycles. The zero-order valence-corrected chi connectivity index (χ0v) is 18.6. The predicted molar refractivity (Wildman–Crippen MR) is 117 cm³/mol. The Balaban J connectivity index is 1.67. The molecule has 0 amide bonds. The van der Waals surface area contributed by atoms with E-state index in [1.54, 1.807) is 5.57 Å². The third-order valence-corrected chi connectivity index (χ3v) is 9.42. The largest absolute Gasteiger partial charge is 0.501 e. The summed E-state index contributed by atoms with van der Waals surface area (Å²) in [6.07, 6.45) is 9.07. The molecule has 154 valence electrons. The van der Waals surface area contributed by atoms with Gasteiger partial charge in [0.05, 0.1) is 18.5 Å². The lowest BCUT2D eigenvalue weighted by atomic mass is 9.51. The molecule has 0 bridgehead atoms. The zero-order chi connectivity index (χ0) is 20.2. The molecule has 0 spiro atoms. The lowest BCUT2D eigenvalue weighted by Crippen LogP contribution is -2.52. The first-order chi connectivity index (χ1) is 14.0. The molecule has 1 N–H and O–H groups in total. The van der Waals surface area contributed by atoms with Crippen molar-refractivity contribution in [2.45, 2.75) is 57.0 Å². The topological polar surface area (TPSA) is 46.5 Å². The molecule has 5 atom stereocenters. The van der Waals surface area contributed by atoms with E-state index >= 15 is 0 Å². The van der Waals surface area contributed by atoms with Crippen LogP contribution in [0.3, 0.4) is 0 Å². The van der Waals surface area contributed by atoms with Gasteiger partial charge in [-0.2, -0.15) is 0 Å². The van der Waals surface area contributed by atoms with Gasteiger partial charge < -0.3 is 9.84 Å². The molecule has 5 rings (SSSR count). The highest BCUT2D eigenvalue weighted by Crippen LogP contribution is 2.66. The second-order valence-corrected chi connectivity index (χ2v) is 10.2.